The molecule has 1 aliphatic carbocycles. The zero-order valence-electron chi connectivity index (χ0n) is 21.4. The van der Waals surface area contributed by atoms with Gasteiger partial charge in [0.05, 0.1) is 22.6 Å². The van der Waals surface area contributed by atoms with Gasteiger partial charge in [0.25, 0.3) is 0 Å². The van der Waals surface area contributed by atoms with Crippen LogP contribution < -0.4 is 5.32 Å². The van der Waals surface area contributed by atoms with Crippen molar-refractivity contribution in [2.24, 2.45) is 0 Å². The van der Waals surface area contributed by atoms with Crippen LogP contribution >= 0.6 is 22.7 Å². The van der Waals surface area contributed by atoms with E-state index in [2.05, 4.69) is 5.32 Å². The van der Waals surface area contributed by atoms with Crippen LogP contribution in [0.5, 0.6) is 0 Å². The number of thiophene rings is 2. The molecule has 0 saturated heterocycles. The van der Waals surface area contributed by atoms with Crippen LogP contribution in [0.2, 0.25) is 0 Å². The summed E-state index contributed by atoms with van der Waals surface area (Å²) < 4.78 is 25.4. The maximum absolute atomic E-state index is 14.5. The summed E-state index contributed by atoms with van der Waals surface area (Å²) in [7, 11) is 0. The number of esters is 1. The first-order chi connectivity index (χ1) is 18.3. The third kappa shape index (κ3) is 5.11. The van der Waals surface area contributed by atoms with E-state index in [1.165, 1.54) is 6.07 Å². The van der Waals surface area contributed by atoms with E-state index in [-0.39, 0.29) is 5.97 Å². The summed E-state index contributed by atoms with van der Waals surface area (Å²) in [6, 6.07) is 16.9. The fourth-order valence-corrected chi connectivity index (χ4v) is 6.52. The molecule has 8 heteroatoms. The SMILES string of the molecule is CCOC(=O)C1(c2ccc(-c3ccccc3-c3sc(F)cc3NC(=O)OC(C)c3cscc3C)cc2)CC1. The van der Waals surface area contributed by atoms with Crippen molar-refractivity contribution < 1.29 is 23.5 Å². The Morgan fingerprint density at radius 2 is 1.79 bits per heavy atom. The van der Waals surface area contributed by atoms with Crippen LogP contribution in [0.1, 0.15) is 49.5 Å². The van der Waals surface area contributed by atoms with E-state index in [9.17, 15) is 14.0 Å². The second-order valence-electron chi connectivity index (χ2n) is 9.40. The molecule has 2 heterocycles. The number of hydrogen-bond donors (Lipinski definition) is 1. The molecule has 0 bridgehead atoms. The lowest BCUT2D eigenvalue weighted by Crippen LogP contribution is -2.23. The van der Waals surface area contributed by atoms with Crippen LogP contribution in [-0.4, -0.2) is 18.7 Å². The fraction of sp³-hybridized carbons (Fsp3) is 0.267. The minimum Gasteiger partial charge on any atom is -0.465 e. The average molecular weight is 550 g/mol. The van der Waals surface area contributed by atoms with Gasteiger partial charge in [-0.15, -0.1) is 11.3 Å². The van der Waals surface area contributed by atoms with Gasteiger partial charge in [0, 0.05) is 17.2 Å². The van der Waals surface area contributed by atoms with Crippen LogP contribution in [0.3, 0.4) is 0 Å². The van der Waals surface area contributed by atoms with Crippen molar-refractivity contribution in [1.29, 1.82) is 0 Å². The van der Waals surface area contributed by atoms with E-state index >= 15 is 0 Å². The number of anilines is 1. The van der Waals surface area contributed by atoms with Gasteiger partial charge < -0.3 is 9.47 Å². The molecule has 1 unspecified atom stereocenters. The molecule has 38 heavy (non-hydrogen) atoms. The maximum atomic E-state index is 14.5. The van der Waals surface area contributed by atoms with E-state index in [0.29, 0.717) is 17.2 Å². The van der Waals surface area contributed by atoms with Crippen LogP contribution in [-0.2, 0) is 19.7 Å². The van der Waals surface area contributed by atoms with Crippen LogP contribution in [0.4, 0.5) is 14.9 Å². The summed E-state index contributed by atoms with van der Waals surface area (Å²) in [6.45, 7) is 5.96. The Hall–Kier alpha value is -3.49. The summed E-state index contributed by atoms with van der Waals surface area (Å²) in [4.78, 5) is 25.8. The van der Waals surface area contributed by atoms with E-state index in [1.54, 1.807) is 11.3 Å². The smallest absolute Gasteiger partial charge is 0.412 e. The monoisotopic (exact) mass is 549 g/mol. The molecule has 1 N–H and O–H groups in total. The summed E-state index contributed by atoms with van der Waals surface area (Å²) >= 11 is 2.52. The van der Waals surface area contributed by atoms with Gasteiger partial charge in [-0.3, -0.25) is 10.1 Å². The summed E-state index contributed by atoms with van der Waals surface area (Å²) in [5.41, 5.74) is 5.38. The normalized spacial score (nSPS) is 14.5. The van der Waals surface area contributed by atoms with E-state index in [1.807, 2.05) is 80.1 Å². The van der Waals surface area contributed by atoms with Crippen molar-refractivity contribution in [2.45, 2.75) is 45.1 Å². The highest BCUT2D eigenvalue weighted by molar-refractivity contribution is 7.14. The molecule has 1 saturated carbocycles. The van der Waals surface area contributed by atoms with Gasteiger partial charge in [-0.2, -0.15) is 15.7 Å². The molecule has 1 fully saturated rings. The van der Waals surface area contributed by atoms with Crippen molar-refractivity contribution in [3.63, 3.8) is 0 Å². The second-order valence-corrected chi connectivity index (χ2v) is 11.1. The van der Waals surface area contributed by atoms with Crippen molar-refractivity contribution in [1.82, 2.24) is 0 Å². The molecule has 5 nitrogen and oxygen atoms in total. The number of nitrogens with one attached hydrogen (secondary N) is 1. The first-order valence-corrected chi connectivity index (χ1v) is 14.3. The Morgan fingerprint density at radius 1 is 1.08 bits per heavy atom. The molecule has 2 aromatic heterocycles. The van der Waals surface area contributed by atoms with Crippen molar-refractivity contribution in [2.75, 3.05) is 11.9 Å². The lowest BCUT2D eigenvalue weighted by atomic mass is 9.92. The third-order valence-corrected chi connectivity index (χ3v) is 8.73. The van der Waals surface area contributed by atoms with Crippen molar-refractivity contribution >= 4 is 40.4 Å². The Bertz CT molecular complexity index is 1470. The number of benzene rings is 2. The second kappa shape index (κ2) is 10.7. The largest absolute Gasteiger partial charge is 0.465 e. The highest BCUT2D eigenvalue weighted by atomic mass is 32.1. The van der Waals surface area contributed by atoms with Gasteiger partial charge in [0.2, 0.25) is 0 Å². The zero-order valence-corrected chi connectivity index (χ0v) is 23.0. The molecule has 1 atom stereocenters. The van der Waals surface area contributed by atoms with Gasteiger partial charge in [-0.05, 0) is 66.6 Å². The first-order valence-electron chi connectivity index (χ1n) is 12.5. The predicted octanol–water partition coefficient (Wildman–Crippen LogP) is 8.50. The molecular formula is C30H28FNO4S2. The third-order valence-electron chi connectivity index (χ3n) is 6.89. The Balaban J connectivity index is 1.40. The van der Waals surface area contributed by atoms with Crippen molar-refractivity contribution in [3.05, 3.63) is 87.2 Å². The minimum absolute atomic E-state index is 0.173. The molecule has 0 radical (unpaired) electrons. The average Bonchev–Trinajstić information content (AvgIpc) is 3.48. The highest BCUT2D eigenvalue weighted by Gasteiger charge is 2.52. The molecule has 1 amide bonds. The highest BCUT2D eigenvalue weighted by Crippen LogP contribution is 2.50. The number of rotatable bonds is 8. The maximum Gasteiger partial charge on any atom is 0.412 e. The van der Waals surface area contributed by atoms with Crippen LogP contribution in [0.25, 0.3) is 21.6 Å². The van der Waals surface area contributed by atoms with E-state index in [4.69, 9.17) is 9.47 Å². The van der Waals surface area contributed by atoms with E-state index < -0.39 is 22.7 Å². The van der Waals surface area contributed by atoms with Gasteiger partial charge in [-0.25, -0.2) is 4.79 Å². The molecule has 0 spiro atoms. The number of halogens is 1. The molecule has 4 aromatic rings. The van der Waals surface area contributed by atoms with Crippen LogP contribution in [0, 0.1) is 12.1 Å². The number of hydrogen-bond acceptors (Lipinski definition) is 6. The fourth-order valence-electron chi connectivity index (χ4n) is 4.71. The summed E-state index contributed by atoms with van der Waals surface area (Å²) in [5.74, 6) is -0.173. The van der Waals surface area contributed by atoms with Gasteiger partial charge >= 0.3 is 12.1 Å². The molecule has 0 aliphatic heterocycles. The van der Waals surface area contributed by atoms with Crippen LogP contribution in [0.15, 0.2) is 65.4 Å². The minimum atomic E-state index is -0.641. The van der Waals surface area contributed by atoms with Crippen molar-refractivity contribution in [3.8, 4) is 21.6 Å². The Kier molecular flexibility index (Phi) is 7.36. The standard InChI is InChI=1S/C30H28FNO4S2/c1-4-35-28(33)30(13-14-30)21-11-9-20(10-12-21)22-7-5-6-8-23(22)27-25(15-26(31)38-27)32-29(34)36-19(3)24-17-37-16-18(24)2/h5-12,15-17,19H,4,13-14H2,1-3H3,(H,32,34). The van der Waals surface area contributed by atoms with Gasteiger partial charge in [0.1, 0.15) is 6.10 Å². The lowest BCUT2D eigenvalue weighted by Gasteiger charge is -2.16. The number of carbonyl (C=O) groups is 2. The van der Waals surface area contributed by atoms with E-state index in [0.717, 1.165) is 57.6 Å². The first kappa shape index (κ1) is 26.1. The summed E-state index contributed by atoms with van der Waals surface area (Å²) in [5, 5.41) is 6.30. The molecular weight excluding hydrogens is 521 g/mol. The summed E-state index contributed by atoms with van der Waals surface area (Å²) in [6.07, 6.45) is 0.499. The molecule has 1 aliphatic rings. The number of ether oxygens (including phenoxy) is 2. The molecule has 5 rings (SSSR count). The number of amides is 1. The topological polar surface area (TPSA) is 64.6 Å². The van der Waals surface area contributed by atoms with Gasteiger partial charge in [-0.1, -0.05) is 48.5 Å². The lowest BCUT2D eigenvalue weighted by molar-refractivity contribution is -0.146. The number of carbonyl (C=O) groups excluding carboxylic acids is 2. The van der Waals surface area contributed by atoms with Gasteiger partial charge in [0.15, 0.2) is 5.13 Å². The molecule has 2 aromatic carbocycles. The number of aryl methyl sites for hydroxylation is 1. The quantitative estimate of drug-likeness (QED) is 0.224. The zero-order chi connectivity index (χ0) is 26.9. The Morgan fingerprint density at radius 3 is 2.42 bits per heavy atom. The Labute approximate surface area is 229 Å². The predicted molar refractivity (Wildman–Crippen MR) is 150 cm³/mol. The molecule has 196 valence electrons.